The quantitative estimate of drug-likeness (QED) is 0.518. The van der Waals surface area contributed by atoms with Crippen molar-refractivity contribution in [2.24, 2.45) is 0 Å². The number of halogens is 3. The molecule has 0 spiro atoms. The Balaban J connectivity index is 2.77. The van der Waals surface area contributed by atoms with Crippen molar-refractivity contribution in [2.75, 3.05) is 0 Å². The van der Waals surface area contributed by atoms with Crippen LogP contribution in [0.1, 0.15) is 5.56 Å². The summed E-state index contributed by atoms with van der Waals surface area (Å²) in [4.78, 5) is 0.968. The van der Waals surface area contributed by atoms with E-state index in [2.05, 4.69) is 0 Å². The van der Waals surface area contributed by atoms with Crippen LogP contribution in [0.25, 0.3) is 0 Å². The molecule has 0 aromatic heterocycles. The summed E-state index contributed by atoms with van der Waals surface area (Å²) in [5, 5.41) is 0. The molecule has 66 valence electrons. The third-order valence-corrected chi connectivity index (χ3v) is 2.64. The van der Waals surface area contributed by atoms with Crippen LogP contribution in [0.15, 0.2) is 29.2 Å². The zero-order valence-electron chi connectivity index (χ0n) is 6.35. The second-order valence-corrected chi connectivity index (χ2v) is 6.61. The van der Waals surface area contributed by atoms with Crippen LogP contribution in [-0.2, 0) is 0 Å². The van der Waals surface area contributed by atoms with E-state index in [1.807, 2.05) is 31.2 Å². The maximum atomic E-state index is 5.61. The summed E-state index contributed by atoms with van der Waals surface area (Å²) in [5.74, 6) is 0. The molecule has 0 atom stereocenters. The van der Waals surface area contributed by atoms with Gasteiger partial charge in [-0.3, -0.25) is 0 Å². The molecule has 1 rings (SSSR count). The van der Waals surface area contributed by atoms with Crippen molar-refractivity contribution in [3.05, 3.63) is 29.8 Å². The monoisotopic (exact) mass is 240 g/mol. The van der Waals surface area contributed by atoms with Crippen LogP contribution in [-0.4, -0.2) is 3.12 Å². The van der Waals surface area contributed by atoms with Crippen LogP contribution in [0, 0.1) is 6.92 Å². The minimum atomic E-state index is -1.27. The lowest BCUT2D eigenvalue weighted by Gasteiger charge is -2.09. The number of rotatable bonds is 1. The van der Waals surface area contributed by atoms with E-state index in [9.17, 15) is 0 Å². The smallest absolute Gasteiger partial charge is 0.0714 e. The van der Waals surface area contributed by atoms with Crippen LogP contribution in [0.2, 0.25) is 0 Å². The molecule has 1 aromatic rings. The van der Waals surface area contributed by atoms with Crippen molar-refractivity contribution in [2.45, 2.75) is 14.9 Å². The largest absolute Gasteiger partial charge is 0.241 e. The minimum Gasteiger partial charge on any atom is -0.0714 e. The Kier molecular flexibility index (Phi) is 3.59. The molecule has 0 unspecified atom stereocenters. The molecular formula is C8H7Cl3S. The predicted octanol–water partition coefficient (Wildman–Crippen LogP) is 4.41. The zero-order chi connectivity index (χ0) is 9.19. The summed E-state index contributed by atoms with van der Waals surface area (Å²) in [6, 6.07) is 7.84. The van der Waals surface area contributed by atoms with Crippen LogP contribution in [0.3, 0.4) is 0 Å². The Morgan fingerprint density at radius 2 is 1.92 bits per heavy atom. The fourth-order valence-corrected chi connectivity index (χ4v) is 2.27. The van der Waals surface area contributed by atoms with Gasteiger partial charge in [-0.05, 0) is 19.1 Å². The van der Waals surface area contributed by atoms with Crippen molar-refractivity contribution in [1.82, 2.24) is 0 Å². The summed E-state index contributed by atoms with van der Waals surface area (Å²) in [6.07, 6.45) is 0. The van der Waals surface area contributed by atoms with Gasteiger partial charge in [0, 0.05) is 4.90 Å². The lowest BCUT2D eigenvalue weighted by molar-refractivity contribution is 1.36. The second kappa shape index (κ2) is 4.10. The molecule has 0 bridgehead atoms. The second-order valence-electron chi connectivity index (χ2n) is 2.36. The van der Waals surface area contributed by atoms with E-state index in [1.54, 1.807) is 0 Å². The lowest BCUT2D eigenvalue weighted by atomic mass is 10.2. The van der Waals surface area contributed by atoms with Crippen LogP contribution < -0.4 is 0 Å². The Bertz CT molecular complexity index is 267. The third-order valence-electron chi connectivity index (χ3n) is 1.22. The molecule has 0 aliphatic rings. The molecule has 0 heterocycles. The third kappa shape index (κ3) is 3.90. The molecule has 0 N–H and O–H groups in total. The number of benzene rings is 1. The molecule has 1 aromatic carbocycles. The van der Waals surface area contributed by atoms with Crippen molar-refractivity contribution in [1.29, 1.82) is 0 Å². The van der Waals surface area contributed by atoms with Crippen LogP contribution in [0.5, 0.6) is 0 Å². The first-order valence-corrected chi connectivity index (χ1v) is 5.25. The molecule has 0 fully saturated rings. The van der Waals surface area contributed by atoms with Gasteiger partial charge in [0.15, 0.2) is 0 Å². The van der Waals surface area contributed by atoms with Crippen molar-refractivity contribution >= 4 is 46.6 Å². The molecule has 0 nitrogen and oxygen atoms in total. The van der Waals surface area contributed by atoms with Gasteiger partial charge >= 0.3 is 0 Å². The summed E-state index contributed by atoms with van der Waals surface area (Å²) in [5.41, 5.74) is 1.16. The van der Waals surface area contributed by atoms with E-state index < -0.39 is 3.12 Å². The van der Waals surface area contributed by atoms with E-state index in [4.69, 9.17) is 34.8 Å². The highest BCUT2D eigenvalue weighted by Crippen LogP contribution is 2.43. The van der Waals surface area contributed by atoms with E-state index in [-0.39, 0.29) is 0 Å². The summed E-state index contributed by atoms with van der Waals surface area (Å²) >= 11 is 18.1. The molecule has 0 radical (unpaired) electrons. The highest BCUT2D eigenvalue weighted by atomic mass is 35.6. The van der Waals surface area contributed by atoms with Gasteiger partial charge in [0.2, 0.25) is 3.12 Å². The van der Waals surface area contributed by atoms with Crippen molar-refractivity contribution in [3.8, 4) is 0 Å². The lowest BCUT2D eigenvalue weighted by Crippen LogP contribution is -1.92. The average molecular weight is 242 g/mol. The van der Waals surface area contributed by atoms with Crippen LogP contribution >= 0.6 is 46.6 Å². The number of aryl methyl sites for hydroxylation is 1. The van der Waals surface area contributed by atoms with Gasteiger partial charge in [-0.25, -0.2) is 0 Å². The topological polar surface area (TPSA) is 0 Å². The SMILES string of the molecule is Cc1cccc(SC(Cl)(Cl)Cl)c1. The van der Waals surface area contributed by atoms with E-state index in [0.717, 1.165) is 10.5 Å². The van der Waals surface area contributed by atoms with Gasteiger partial charge < -0.3 is 0 Å². The molecule has 0 aliphatic heterocycles. The van der Waals surface area contributed by atoms with Crippen molar-refractivity contribution < 1.29 is 0 Å². The highest BCUT2D eigenvalue weighted by molar-refractivity contribution is 8.04. The molecule has 12 heavy (non-hydrogen) atoms. The standard InChI is InChI=1S/C8H7Cl3S/c1-6-3-2-4-7(5-6)12-8(9,10)11/h2-5H,1H3. The van der Waals surface area contributed by atoms with Gasteiger partial charge in [-0.15, -0.1) is 0 Å². The summed E-state index contributed by atoms with van der Waals surface area (Å²) in [7, 11) is 0. The average Bonchev–Trinajstić information content (AvgIpc) is 1.82. The maximum absolute atomic E-state index is 5.61. The first kappa shape index (κ1) is 10.5. The minimum absolute atomic E-state index is 0.968. The van der Waals surface area contributed by atoms with Gasteiger partial charge in [0.25, 0.3) is 0 Å². The maximum Gasteiger partial charge on any atom is 0.241 e. The first-order chi connectivity index (χ1) is 5.47. The number of thioether (sulfide) groups is 1. The Labute approximate surface area is 91.2 Å². The zero-order valence-corrected chi connectivity index (χ0v) is 9.44. The van der Waals surface area contributed by atoms with E-state index in [0.29, 0.717) is 0 Å². The highest BCUT2D eigenvalue weighted by Gasteiger charge is 2.20. The summed E-state index contributed by atoms with van der Waals surface area (Å²) < 4.78 is -1.27. The Hall–Kier alpha value is 0.440. The fourth-order valence-electron chi connectivity index (χ4n) is 0.812. The molecule has 0 saturated heterocycles. The van der Waals surface area contributed by atoms with Gasteiger partial charge in [0.1, 0.15) is 0 Å². The molecule has 4 heteroatoms. The number of alkyl halides is 3. The number of hydrogen-bond donors (Lipinski definition) is 0. The van der Waals surface area contributed by atoms with Gasteiger partial charge in [0.05, 0.1) is 0 Å². The number of hydrogen-bond acceptors (Lipinski definition) is 1. The Morgan fingerprint density at radius 3 is 2.42 bits per heavy atom. The normalized spacial score (nSPS) is 11.7. The Morgan fingerprint density at radius 1 is 1.25 bits per heavy atom. The molecule has 0 aliphatic carbocycles. The molecule has 0 saturated carbocycles. The molecular weight excluding hydrogens is 235 g/mol. The van der Waals surface area contributed by atoms with E-state index in [1.165, 1.54) is 11.8 Å². The first-order valence-electron chi connectivity index (χ1n) is 3.30. The van der Waals surface area contributed by atoms with Gasteiger partial charge in [-0.2, -0.15) is 0 Å². The van der Waals surface area contributed by atoms with Crippen LogP contribution in [0.4, 0.5) is 0 Å². The van der Waals surface area contributed by atoms with Gasteiger partial charge in [-0.1, -0.05) is 64.3 Å². The van der Waals surface area contributed by atoms with Crippen molar-refractivity contribution in [3.63, 3.8) is 0 Å². The fraction of sp³-hybridized carbons (Fsp3) is 0.250. The predicted molar refractivity (Wildman–Crippen MR) is 57.3 cm³/mol. The summed E-state index contributed by atoms with van der Waals surface area (Å²) in [6.45, 7) is 2.00. The van der Waals surface area contributed by atoms with E-state index >= 15 is 0 Å². The molecule has 0 amide bonds.